The topological polar surface area (TPSA) is 75.7 Å². The van der Waals surface area contributed by atoms with Crippen LogP contribution in [0.25, 0.3) is 0 Å². The number of amides is 1. The SMILES string of the molecule is COc1ccc(S(=O)(=O)N2CCC(C(=O)NCCSc3ccccc3)CC2)cc1. The molecule has 1 aliphatic heterocycles. The van der Waals surface area contributed by atoms with Gasteiger partial charge >= 0.3 is 0 Å². The van der Waals surface area contributed by atoms with Gasteiger partial charge in [-0.15, -0.1) is 11.8 Å². The van der Waals surface area contributed by atoms with E-state index in [1.165, 1.54) is 9.20 Å². The summed E-state index contributed by atoms with van der Waals surface area (Å²) in [6.45, 7) is 1.30. The average Bonchev–Trinajstić information content (AvgIpc) is 2.77. The fourth-order valence-electron chi connectivity index (χ4n) is 3.26. The fraction of sp³-hybridized carbons (Fsp3) is 0.381. The molecule has 29 heavy (non-hydrogen) atoms. The molecule has 0 aromatic heterocycles. The third-order valence-corrected chi connectivity index (χ3v) is 7.86. The van der Waals surface area contributed by atoms with Crippen LogP contribution in [0.2, 0.25) is 0 Å². The molecule has 1 heterocycles. The fourth-order valence-corrected chi connectivity index (χ4v) is 5.52. The number of nitrogens with one attached hydrogen (secondary N) is 1. The molecular weight excluding hydrogens is 408 g/mol. The first kappa shape index (κ1) is 21.7. The van der Waals surface area contributed by atoms with Crippen molar-refractivity contribution in [3.63, 3.8) is 0 Å². The van der Waals surface area contributed by atoms with Crippen LogP contribution in [0, 0.1) is 5.92 Å². The second-order valence-electron chi connectivity index (χ2n) is 6.81. The number of benzene rings is 2. The molecule has 8 heteroatoms. The first-order valence-electron chi connectivity index (χ1n) is 9.60. The molecule has 0 saturated carbocycles. The minimum absolute atomic E-state index is 0.0140. The first-order valence-corrected chi connectivity index (χ1v) is 12.0. The van der Waals surface area contributed by atoms with Crippen molar-refractivity contribution in [3.8, 4) is 5.75 Å². The monoisotopic (exact) mass is 434 g/mol. The van der Waals surface area contributed by atoms with Crippen LogP contribution in [0.15, 0.2) is 64.4 Å². The number of ether oxygens (including phenoxy) is 1. The van der Waals surface area contributed by atoms with Gasteiger partial charge in [0, 0.05) is 36.2 Å². The molecule has 0 spiro atoms. The highest BCUT2D eigenvalue weighted by molar-refractivity contribution is 7.99. The molecule has 156 valence electrons. The lowest BCUT2D eigenvalue weighted by atomic mass is 9.97. The number of sulfonamides is 1. The Morgan fingerprint density at radius 3 is 2.38 bits per heavy atom. The van der Waals surface area contributed by atoms with Crippen molar-refractivity contribution in [1.82, 2.24) is 9.62 Å². The Morgan fingerprint density at radius 2 is 1.76 bits per heavy atom. The Hall–Kier alpha value is -2.03. The number of piperidine rings is 1. The smallest absolute Gasteiger partial charge is 0.243 e. The lowest BCUT2D eigenvalue weighted by Crippen LogP contribution is -2.43. The first-order chi connectivity index (χ1) is 14.0. The summed E-state index contributed by atoms with van der Waals surface area (Å²) in [5.74, 6) is 1.30. The number of rotatable bonds is 8. The van der Waals surface area contributed by atoms with Crippen LogP contribution in [0.4, 0.5) is 0 Å². The van der Waals surface area contributed by atoms with E-state index in [-0.39, 0.29) is 16.7 Å². The second kappa shape index (κ2) is 10.1. The van der Waals surface area contributed by atoms with Gasteiger partial charge in [-0.1, -0.05) is 18.2 Å². The molecular formula is C21H26N2O4S2. The third-order valence-electron chi connectivity index (χ3n) is 4.94. The van der Waals surface area contributed by atoms with Crippen molar-refractivity contribution in [2.24, 2.45) is 5.92 Å². The van der Waals surface area contributed by atoms with Gasteiger partial charge in [0.25, 0.3) is 0 Å². The average molecular weight is 435 g/mol. The van der Waals surface area contributed by atoms with Crippen LogP contribution in [0.3, 0.4) is 0 Å². The van der Waals surface area contributed by atoms with E-state index in [9.17, 15) is 13.2 Å². The Bertz CT molecular complexity index is 894. The van der Waals surface area contributed by atoms with Crippen LogP contribution < -0.4 is 10.1 Å². The van der Waals surface area contributed by atoms with E-state index in [4.69, 9.17) is 4.74 Å². The molecule has 0 unspecified atom stereocenters. The zero-order valence-electron chi connectivity index (χ0n) is 16.4. The van der Waals surface area contributed by atoms with E-state index in [1.54, 1.807) is 43.1 Å². The third kappa shape index (κ3) is 5.74. The lowest BCUT2D eigenvalue weighted by molar-refractivity contribution is -0.125. The maximum Gasteiger partial charge on any atom is 0.243 e. The lowest BCUT2D eigenvalue weighted by Gasteiger charge is -2.30. The van der Waals surface area contributed by atoms with Crippen LogP contribution >= 0.6 is 11.8 Å². The Morgan fingerprint density at radius 1 is 1.10 bits per heavy atom. The normalized spacial score (nSPS) is 15.8. The molecule has 1 fully saturated rings. The predicted octanol–water partition coefficient (Wildman–Crippen LogP) is 3.00. The highest BCUT2D eigenvalue weighted by Crippen LogP contribution is 2.25. The van der Waals surface area contributed by atoms with Gasteiger partial charge in [-0.3, -0.25) is 4.79 Å². The van der Waals surface area contributed by atoms with Gasteiger partial charge < -0.3 is 10.1 Å². The highest BCUT2D eigenvalue weighted by Gasteiger charge is 2.31. The van der Waals surface area contributed by atoms with Crippen LogP contribution in [-0.2, 0) is 14.8 Å². The van der Waals surface area contributed by atoms with Gasteiger partial charge in [0.05, 0.1) is 12.0 Å². The van der Waals surface area contributed by atoms with Gasteiger partial charge in [0.15, 0.2) is 0 Å². The molecule has 2 aromatic rings. The number of thioether (sulfide) groups is 1. The molecule has 0 radical (unpaired) electrons. The van der Waals surface area contributed by atoms with E-state index < -0.39 is 10.0 Å². The van der Waals surface area contributed by atoms with Crippen molar-refractivity contribution in [1.29, 1.82) is 0 Å². The summed E-state index contributed by atoms with van der Waals surface area (Å²) in [6, 6.07) is 16.4. The van der Waals surface area contributed by atoms with Crippen molar-refractivity contribution in [2.75, 3.05) is 32.5 Å². The zero-order chi connectivity index (χ0) is 20.7. The Balaban J connectivity index is 1.44. The number of hydrogen-bond donors (Lipinski definition) is 1. The molecule has 0 aliphatic carbocycles. The van der Waals surface area contributed by atoms with Crippen LogP contribution in [-0.4, -0.2) is 51.1 Å². The molecule has 1 N–H and O–H groups in total. The summed E-state index contributed by atoms with van der Waals surface area (Å²) in [7, 11) is -2.00. The molecule has 1 aliphatic rings. The van der Waals surface area contributed by atoms with Gasteiger partial charge in [-0.2, -0.15) is 4.31 Å². The summed E-state index contributed by atoms with van der Waals surface area (Å²) < 4.78 is 32.1. The van der Waals surface area contributed by atoms with Gasteiger partial charge in [0.1, 0.15) is 5.75 Å². The maximum absolute atomic E-state index is 12.8. The standard InChI is InChI=1S/C21H26N2O4S2/c1-27-18-7-9-20(10-8-18)29(25,26)23-14-11-17(12-15-23)21(24)22-13-16-28-19-5-3-2-4-6-19/h2-10,17H,11-16H2,1H3,(H,22,24). The van der Waals surface area contributed by atoms with Crippen molar-refractivity contribution < 1.29 is 17.9 Å². The second-order valence-corrected chi connectivity index (χ2v) is 9.91. The van der Waals surface area contributed by atoms with Crippen LogP contribution in [0.1, 0.15) is 12.8 Å². The number of carbonyl (C=O) groups excluding carboxylic acids is 1. The van der Waals surface area contributed by atoms with Gasteiger partial charge in [-0.05, 0) is 49.2 Å². The molecule has 6 nitrogen and oxygen atoms in total. The molecule has 1 amide bonds. The van der Waals surface area contributed by atoms with Gasteiger partial charge in [-0.25, -0.2) is 8.42 Å². The van der Waals surface area contributed by atoms with Crippen molar-refractivity contribution in [3.05, 3.63) is 54.6 Å². The van der Waals surface area contributed by atoms with Crippen molar-refractivity contribution in [2.45, 2.75) is 22.6 Å². The Kier molecular flexibility index (Phi) is 7.57. The van der Waals surface area contributed by atoms with Crippen molar-refractivity contribution >= 4 is 27.7 Å². The molecule has 3 rings (SSSR count). The summed E-state index contributed by atoms with van der Waals surface area (Å²) in [4.78, 5) is 13.8. The predicted molar refractivity (Wildman–Crippen MR) is 115 cm³/mol. The summed E-state index contributed by atoms with van der Waals surface area (Å²) >= 11 is 1.70. The minimum Gasteiger partial charge on any atom is -0.497 e. The summed E-state index contributed by atoms with van der Waals surface area (Å²) in [5, 5.41) is 2.98. The largest absolute Gasteiger partial charge is 0.497 e. The van der Waals surface area contributed by atoms with E-state index in [2.05, 4.69) is 5.32 Å². The number of nitrogens with zero attached hydrogens (tertiary/aromatic N) is 1. The summed E-state index contributed by atoms with van der Waals surface area (Å²) in [5.41, 5.74) is 0. The highest BCUT2D eigenvalue weighted by atomic mass is 32.2. The number of hydrogen-bond acceptors (Lipinski definition) is 5. The zero-order valence-corrected chi connectivity index (χ0v) is 18.0. The van der Waals surface area contributed by atoms with E-state index in [0.29, 0.717) is 38.2 Å². The van der Waals surface area contributed by atoms with E-state index >= 15 is 0 Å². The quantitative estimate of drug-likeness (QED) is 0.511. The molecule has 1 saturated heterocycles. The number of methoxy groups -OCH3 is 1. The Labute approximate surface area is 176 Å². The van der Waals surface area contributed by atoms with Crippen LogP contribution in [0.5, 0.6) is 5.75 Å². The minimum atomic E-state index is -3.54. The summed E-state index contributed by atoms with van der Waals surface area (Å²) in [6.07, 6.45) is 1.07. The van der Waals surface area contributed by atoms with E-state index in [0.717, 1.165) is 5.75 Å². The molecule has 0 atom stereocenters. The van der Waals surface area contributed by atoms with Gasteiger partial charge in [0.2, 0.25) is 15.9 Å². The molecule has 0 bridgehead atoms. The number of carbonyl (C=O) groups is 1. The molecule has 2 aromatic carbocycles. The maximum atomic E-state index is 12.8. The van der Waals surface area contributed by atoms with E-state index in [1.807, 2.05) is 30.3 Å².